The third-order valence-corrected chi connectivity index (χ3v) is 14.5. The molecule has 0 atom stereocenters. The molecule has 0 fully saturated rings. The molecule has 0 aliphatic rings. The van der Waals surface area contributed by atoms with Gasteiger partial charge < -0.3 is 9.32 Å². The summed E-state index contributed by atoms with van der Waals surface area (Å²) in [6.07, 6.45) is 0. The summed E-state index contributed by atoms with van der Waals surface area (Å²) in [5, 5.41) is 7.11. The van der Waals surface area contributed by atoms with Crippen LogP contribution in [0.5, 0.6) is 0 Å². The molecule has 2 heterocycles. The third-order valence-electron chi connectivity index (χ3n) is 13.3. The zero-order chi connectivity index (χ0) is 44.3. The molecule has 13 aromatic rings. The summed E-state index contributed by atoms with van der Waals surface area (Å²) in [7, 11) is 0. The molecule has 0 saturated heterocycles. The number of rotatable bonds is 8. The van der Waals surface area contributed by atoms with Crippen molar-refractivity contribution in [3.63, 3.8) is 0 Å². The first kappa shape index (κ1) is 38.9. The van der Waals surface area contributed by atoms with E-state index in [2.05, 4.69) is 254 Å². The van der Waals surface area contributed by atoms with Crippen LogP contribution in [0.25, 0.3) is 109 Å². The van der Waals surface area contributed by atoms with Gasteiger partial charge in [0.2, 0.25) is 0 Å². The van der Waals surface area contributed by atoms with Crippen molar-refractivity contribution in [1.82, 2.24) is 0 Å². The molecule has 0 saturated carbocycles. The van der Waals surface area contributed by atoms with Crippen LogP contribution in [0.3, 0.4) is 0 Å². The maximum Gasteiger partial charge on any atom is 0.137 e. The molecule has 0 radical (unpaired) electrons. The molecule has 67 heavy (non-hydrogen) atoms. The molecule has 0 amide bonds. The summed E-state index contributed by atoms with van der Waals surface area (Å²) in [5.41, 5.74) is 16.9. The number of fused-ring (bicyclic) bond motifs is 7. The number of furan rings is 1. The van der Waals surface area contributed by atoms with E-state index in [4.69, 9.17) is 4.42 Å². The Morgan fingerprint density at radius 2 is 0.851 bits per heavy atom. The molecule has 0 bridgehead atoms. The number of thiophene rings is 1. The average Bonchev–Trinajstić information content (AvgIpc) is 3.98. The summed E-state index contributed by atoms with van der Waals surface area (Å²) in [5.74, 6) is 0. The molecule has 0 aliphatic carbocycles. The number of hydrogen-bond donors (Lipinski definition) is 0. The van der Waals surface area contributed by atoms with Gasteiger partial charge in [-0.05, 0) is 115 Å². The fourth-order valence-electron chi connectivity index (χ4n) is 10.1. The smallest absolute Gasteiger partial charge is 0.137 e. The summed E-state index contributed by atoms with van der Waals surface area (Å²) in [6, 6.07) is 90.1. The minimum absolute atomic E-state index is 0.849. The van der Waals surface area contributed by atoms with Crippen molar-refractivity contribution in [3.8, 4) is 55.6 Å². The van der Waals surface area contributed by atoms with Crippen LogP contribution < -0.4 is 4.90 Å². The minimum atomic E-state index is 0.849. The Morgan fingerprint density at radius 1 is 0.328 bits per heavy atom. The molecular formula is C64H41NOS. The standard InChI is InChI=1S/C64H41NOS/c1-5-15-42(16-6-1)48-28-34-55-56-36-32-51(41-60(56)66-59(55)39-48)65(50-30-25-47(26-31-50)62-52-24-14-13-23-46(52)27-33-53(62)44-19-9-3-10-20-44)58-38-37-54(45-21-11-4-12-22-45)64-63(58)57-35-29-49(40-61(57)67-64)43-17-7-2-8-18-43/h1-41H. The molecule has 0 spiro atoms. The van der Waals surface area contributed by atoms with Gasteiger partial charge in [-0.15, -0.1) is 11.3 Å². The van der Waals surface area contributed by atoms with E-state index in [1.54, 1.807) is 0 Å². The Bertz CT molecular complexity index is 3950. The Morgan fingerprint density at radius 3 is 1.54 bits per heavy atom. The van der Waals surface area contributed by atoms with Crippen molar-refractivity contribution < 1.29 is 4.42 Å². The molecule has 2 aromatic heterocycles. The molecule has 11 aromatic carbocycles. The zero-order valence-corrected chi connectivity index (χ0v) is 37.3. The van der Waals surface area contributed by atoms with Crippen LogP contribution in [0.2, 0.25) is 0 Å². The first-order chi connectivity index (χ1) is 33.2. The Balaban J connectivity index is 1.04. The van der Waals surface area contributed by atoms with Crippen molar-refractivity contribution in [2.75, 3.05) is 4.90 Å². The van der Waals surface area contributed by atoms with Gasteiger partial charge in [0.1, 0.15) is 11.2 Å². The highest BCUT2D eigenvalue weighted by molar-refractivity contribution is 7.26. The summed E-state index contributed by atoms with van der Waals surface area (Å²) >= 11 is 1.87. The number of anilines is 3. The van der Waals surface area contributed by atoms with Crippen molar-refractivity contribution in [2.45, 2.75) is 0 Å². The topological polar surface area (TPSA) is 16.4 Å². The van der Waals surface area contributed by atoms with E-state index < -0.39 is 0 Å². The summed E-state index contributed by atoms with van der Waals surface area (Å²) < 4.78 is 9.31. The predicted octanol–water partition coefficient (Wildman–Crippen LogP) is 18.9. The number of benzene rings is 11. The van der Waals surface area contributed by atoms with Crippen LogP contribution in [0.1, 0.15) is 0 Å². The Kier molecular flexibility index (Phi) is 9.40. The second-order valence-electron chi connectivity index (χ2n) is 17.2. The van der Waals surface area contributed by atoms with Gasteiger partial charge in [0, 0.05) is 48.4 Å². The molecule has 3 heteroatoms. The minimum Gasteiger partial charge on any atom is -0.456 e. The van der Waals surface area contributed by atoms with Crippen LogP contribution in [0.15, 0.2) is 253 Å². The first-order valence-electron chi connectivity index (χ1n) is 22.8. The van der Waals surface area contributed by atoms with E-state index in [0.717, 1.165) is 44.6 Å². The highest BCUT2D eigenvalue weighted by Gasteiger charge is 2.23. The predicted molar refractivity (Wildman–Crippen MR) is 286 cm³/mol. The first-order valence-corrected chi connectivity index (χ1v) is 23.6. The SMILES string of the molecule is c1ccc(-c2ccc3c(c2)oc2cc(N(c4ccc(-c5c(-c6ccccc6)ccc6ccccc56)cc4)c4ccc(-c5ccccc5)c5sc6cc(-c7ccccc7)ccc6c45)ccc23)cc1. The van der Waals surface area contributed by atoms with Gasteiger partial charge in [-0.3, -0.25) is 0 Å². The van der Waals surface area contributed by atoms with E-state index >= 15 is 0 Å². The summed E-state index contributed by atoms with van der Waals surface area (Å²) in [6.45, 7) is 0. The normalized spacial score (nSPS) is 11.6. The van der Waals surface area contributed by atoms with Gasteiger partial charge in [0.25, 0.3) is 0 Å². The maximum atomic E-state index is 6.80. The van der Waals surface area contributed by atoms with Crippen LogP contribution in [-0.2, 0) is 0 Å². The molecule has 0 unspecified atom stereocenters. The molecular weight excluding hydrogens is 831 g/mol. The fourth-order valence-corrected chi connectivity index (χ4v) is 11.4. The largest absolute Gasteiger partial charge is 0.456 e. The van der Waals surface area contributed by atoms with Gasteiger partial charge in [0.15, 0.2) is 0 Å². The lowest BCUT2D eigenvalue weighted by Gasteiger charge is -2.27. The summed E-state index contributed by atoms with van der Waals surface area (Å²) in [4.78, 5) is 2.43. The van der Waals surface area contributed by atoms with Gasteiger partial charge in [-0.1, -0.05) is 194 Å². The van der Waals surface area contributed by atoms with Crippen LogP contribution in [-0.4, -0.2) is 0 Å². The van der Waals surface area contributed by atoms with E-state index in [9.17, 15) is 0 Å². The van der Waals surface area contributed by atoms with E-state index in [-0.39, 0.29) is 0 Å². The highest BCUT2D eigenvalue weighted by Crippen LogP contribution is 2.50. The highest BCUT2D eigenvalue weighted by atomic mass is 32.1. The Hall–Kier alpha value is -8.50. The fraction of sp³-hybridized carbons (Fsp3) is 0. The van der Waals surface area contributed by atoms with Crippen LogP contribution >= 0.6 is 11.3 Å². The Labute approximate surface area is 392 Å². The number of nitrogens with zero attached hydrogens (tertiary/aromatic N) is 1. The van der Waals surface area contributed by atoms with E-state index in [0.29, 0.717) is 0 Å². The van der Waals surface area contributed by atoms with Gasteiger partial charge >= 0.3 is 0 Å². The van der Waals surface area contributed by atoms with E-state index in [1.807, 2.05) is 11.3 Å². The lowest BCUT2D eigenvalue weighted by Crippen LogP contribution is -2.10. The quantitative estimate of drug-likeness (QED) is 0.151. The van der Waals surface area contributed by atoms with Gasteiger partial charge in [0.05, 0.1) is 5.69 Å². The average molecular weight is 872 g/mol. The molecule has 314 valence electrons. The van der Waals surface area contributed by atoms with Crippen molar-refractivity contribution >= 4 is 81.3 Å². The zero-order valence-electron chi connectivity index (χ0n) is 36.4. The van der Waals surface area contributed by atoms with Crippen molar-refractivity contribution in [1.29, 1.82) is 0 Å². The van der Waals surface area contributed by atoms with Gasteiger partial charge in [-0.2, -0.15) is 0 Å². The van der Waals surface area contributed by atoms with Crippen LogP contribution in [0.4, 0.5) is 17.1 Å². The lowest BCUT2D eigenvalue weighted by atomic mass is 9.89. The monoisotopic (exact) mass is 871 g/mol. The van der Waals surface area contributed by atoms with Crippen LogP contribution in [0, 0.1) is 0 Å². The number of hydrogen-bond acceptors (Lipinski definition) is 3. The van der Waals surface area contributed by atoms with Crippen molar-refractivity contribution in [3.05, 3.63) is 249 Å². The van der Waals surface area contributed by atoms with Gasteiger partial charge in [-0.25, -0.2) is 0 Å². The van der Waals surface area contributed by atoms with E-state index in [1.165, 1.54) is 81.0 Å². The van der Waals surface area contributed by atoms with Crippen molar-refractivity contribution in [2.24, 2.45) is 0 Å². The molecule has 13 rings (SSSR count). The molecule has 0 aliphatic heterocycles. The second-order valence-corrected chi connectivity index (χ2v) is 18.3. The lowest BCUT2D eigenvalue weighted by molar-refractivity contribution is 0.669. The maximum absolute atomic E-state index is 6.80. The molecule has 0 N–H and O–H groups in total. The second kappa shape index (κ2) is 16.2. The third kappa shape index (κ3) is 6.79. The molecule has 2 nitrogen and oxygen atoms in total.